The summed E-state index contributed by atoms with van der Waals surface area (Å²) in [6.45, 7) is 0. The highest BCUT2D eigenvalue weighted by Crippen LogP contribution is 2.23. The van der Waals surface area contributed by atoms with E-state index in [1.54, 1.807) is 0 Å². The van der Waals surface area contributed by atoms with Crippen molar-refractivity contribution in [1.82, 2.24) is 0 Å². The molecular formula is C6H11FO2S. The minimum atomic E-state index is -1.73. The molecule has 1 rings (SSSR count). The Bertz CT molecular complexity index is 132. The maximum Gasteiger partial charge on any atom is 0.155 e. The predicted molar refractivity (Wildman–Crippen MR) is 37.9 cm³/mol. The van der Waals surface area contributed by atoms with E-state index in [0.717, 1.165) is 0 Å². The van der Waals surface area contributed by atoms with Crippen molar-refractivity contribution in [2.24, 2.45) is 0 Å². The molecule has 0 radical (unpaired) electrons. The van der Waals surface area contributed by atoms with Crippen LogP contribution in [0.15, 0.2) is 0 Å². The molecule has 4 heteroatoms. The molecule has 1 saturated carbocycles. The molecule has 0 aromatic heterocycles. The number of alkyl halides is 1. The number of hydrogen-bond donors (Lipinski definition) is 1. The monoisotopic (exact) mass is 166 g/mol. The molecule has 60 valence electrons. The first-order valence-electron chi connectivity index (χ1n) is 3.44. The molecule has 1 unspecified atom stereocenters. The van der Waals surface area contributed by atoms with Gasteiger partial charge in [0.25, 0.3) is 0 Å². The Balaban J connectivity index is 2.33. The van der Waals surface area contributed by atoms with E-state index in [4.69, 9.17) is 4.55 Å². The minimum absolute atomic E-state index is 0.174. The molecular weight excluding hydrogens is 155 g/mol. The van der Waals surface area contributed by atoms with Gasteiger partial charge in [0.2, 0.25) is 0 Å². The molecule has 0 aromatic carbocycles. The second kappa shape index (κ2) is 3.44. The molecule has 0 heterocycles. The molecule has 0 saturated heterocycles. The van der Waals surface area contributed by atoms with Gasteiger partial charge in [-0.05, 0) is 25.7 Å². The van der Waals surface area contributed by atoms with Crippen molar-refractivity contribution in [2.75, 3.05) is 0 Å². The topological polar surface area (TPSA) is 37.3 Å². The summed E-state index contributed by atoms with van der Waals surface area (Å²) in [5.74, 6) is 0. The summed E-state index contributed by atoms with van der Waals surface area (Å²) in [6.07, 6.45) is 1.29. The number of halogens is 1. The van der Waals surface area contributed by atoms with E-state index in [1.807, 2.05) is 0 Å². The van der Waals surface area contributed by atoms with Crippen LogP contribution in [0.3, 0.4) is 0 Å². The number of hydrogen-bond acceptors (Lipinski definition) is 1. The molecule has 10 heavy (non-hydrogen) atoms. The summed E-state index contributed by atoms with van der Waals surface area (Å²) in [5.41, 5.74) is 0. The van der Waals surface area contributed by atoms with E-state index < -0.39 is 17.3 Å². The van der Waals surface area contributed by atoms with Gasteiger partial charge in [-0.1, -0.05) is 0 Å². The highest BCUT2D eigenvalue weighted by molar-refractivity contribution is 7.79. The van der Waals surface area contributed by atoms with Gasteiger partial charge in [-0.15, -0.1) is 0 Å². The first-order valence-corrected chi connectivity index (χ1v) is 4.61. The number of rotatable bonds is 1. The molecule has 0 spiro atoms. The van der Waals surface area contributed by atoms with Gasteiger partial charge in [0, 0.05) is 0 Å². The lowest BCUT2D eigenvalue weighted by Gasteiger charge is -2.20. The molecule has 2 nitrogen and oxygen atoms in total. The van der Waals surface area contributed by atoms with Crippen molar-refractivity contribution in [3.8, 4) is 0 Å². The molecule has 1 aliphatic rings. The summed E-state index contributed by atoms with van der Waals surface area (Å²) in [6, 6.07) is 0. The van der Waals surface area contributed by atoms with Crippen LogP contribution in [0.5, 0.6) is 0 Å². The molecule has 0 aliphatic heterocycles. The van der Waals surface area contributed by atoms with Gasteiger partial charge < -0.3 is 4.55 Å². The third-order valence-electron chi connectivity index (χ3n) is 1.89. The summed E-state index contributed by atoms with van der Waals surface area (Å²) in [4.78, 5) is 0. The Morgan fingerprint density at radius 3 is 2.20 bits per heavy atom. The van der Waals surface area contributed by atoms with Crippen LogP contribution < -0.4 is 0 Å². The summed E-state index contributed by atoms with van der Waals surface area (Å²) >= 11 is -1.73. The SMILES string of the molecule is O=S(O)C1CCC(F)CC1. The van der Waals surface area contributed by atoms with E-state index in [-0.39, 0.29) is 5.25 Å². The average molecular weight is 166 g/mol. The lowest BCUT2D eigenvalue weighted by molar-refractivity contribution is 0.251. The zero-order valence-corrected chi connectivity index (χ0v) is 6.44. The van der Waals surface area contributed by atoms with Crippen molar-refractivity contribution in [2.45, 2.75) is 37.1 Å². The van der Waals surface area contributed by atoms with E-state index in [9.17, 15) is 8.60 Å². The maximum absolute atomic E-state index is 12.4. The minimum Gasteiger partial charge on any atom is -0.306 e. The molecule has 0 amide bonds. The van der Waals surface area contributed by atoms with Gasteiger partial charge in [0.1, 0.15) is 6.17 Å². The van der Waals surface area contributed by atoms with Crippen LogP contribution in [-0.2, 0) is 11.1 Å². The maximum atomic E-state index is 12.4. The first-order chi connectivity index (χ1) is 4.70. The molecule has 1 atom stereocenters. The first kappa shape index (κ1) is 8.14. The van der Waals surface area contributed by atoms with Crippen molar-refractivity contribution < 1.29 is 13.2 Å². The molecule has 1 aliphatic carbocycles. The third-order valence-corrected chi connectivity index (χ3v) is 2.93. The van der Waals surface area contributed by atoms with Crippen LogP contribution in [0.4, 0.5) is 4.39 Å². The Kier molecular flexibility index (Phi) is 2.80. The fraction of sp³-hybridized carbons (Fsp3) is 1.00. The predicted octanol–water partition coefficient (Wildman–Crippen LogP) is 1.49. The van der Waals surface area contributed by atoms with Gasteiger partial charge in [-0.2, -0.15) is 0 Å². The Morgan fingerprint density at radius 1 is 1.30 bits per heavy atom. The van der Waals surface area contributed by atoms with Crippen LogP contribution in [0.1, 0.15) is 25.7 Å². The lowest BCUT2D eigenvalue weighted by Crippen LogP contribution is -2.23. The molecule has 0 aromatic rings. The highest BCUT2D eigenvalue weighted by atomic mass is 32.2. The van der Waals surface area contributed by atoms with Crippen molar-refractivity contribution in [3.63, 3.8) is 0 Å². The smallest absolute Gasteiger partial charge is 0.155 e. The normalized spacial score (nSPS) is 37.4. The van der Waals surface area contributed by atoms with Gasteiger partial charge >= 0.3 is 0 Å². The van der Waals surface area contributed by atoms with Gasteiger partial charge in [-0.3, -0.25) is 0 Å². The van der Waals surface area contributed by atoms with E-state index >= 15 is 0 Å². The third kappa shape index (κ3) is 2.02. The molecule has 1 N–H and O–H groups in total. The fourth-order valence-electron chi connectivity index (χ4n) is 1.22. The second-order valence-electron chi connectivity index (χ2n) is 2.65. The van der Waals surface area contributed by atoms with E-state index in [0.29, 0.717) is 25.7 Å². The van der Waals surface area contributed by atoms with Gasteiger partial charge in [0.05, 0.1) is 5.25 Å². The zero-order valence-electron chi connectivity index (χ0n) is 5.62. The van der Waals surface area contributed by atoms with Crippen molar-refractivity contribution >= 4 is 11.1 Å². The Labute approximate surface area is 62.1 Å². The highest BCUT2D eigenvalue weighted by Gasteiger charge is 2.23. The van der Waals surface area contributed by atoms with Gasteiger partial charge in [0.15, 0.2) is 11.1 Å². The largest absolute Gasteiger partial charge is 0.306 e. The lowest BCUT2D eigenvalue weighted by atomic mass is 9.99. The zero-order chi connectivity index (χ0) is 7.56. The van der Waals surface area contributed by atoms with Crippen LogP contribution >= 0.6 is 0 Å². The quantitative estimate of drug-likeness (QED) is 0.599. The standard InChI is InChI=1S/C6H11FO2S/c7-5-1-3-6(4-2-5)10(8)9/h5-6H,1-4H2,(H,8,9). The molecule has 1 fully saturated rings. The van der Waals surface area contributed by atoms with Crippen LogP contribution in [-0.4, -0.2) is 20.2 Å². The van der Waals surface area contributed by atoms with Crippen LogP contribution in [0.2, 0.25) is 0 Å². The Morgan fingerprint density at radius 2 is 1.80 bits per heavy atom. The Hall–Kier alpha value is 0.0400. The van der Waals surface area contributed by atoms with Crippen LogP contribution in [0, 0.1) is 0 Å². The summed E-state index contributed by atoms with van der Waals surface area (Å²) < 4.78 is 31.5. The van der Waals surface area contributed by atoms with Crippen molar-refractivity contribution in [1.29, 1.82) is 0 Å². The summed E-state index contributed by atoms with van der Waals surface area (Å²) in [7, 11) is 0. The fourth-order valence-corrected chi connectivity index (χ4v) is 1.90. The molecule has 0 bridgehead atoms. The van der Waals surface area contributed by atoms with E-state index in [1.165, 1.54) is 0 Å². The van der Waals surface area contributed by atoms with Gasteiger partial charge in [-0.25, -0.2) is 8.60 Å². The average Bonchev–Trinajstić information content (AvgIpc) is 1.88. The summed E-state index contributed by atoms with van der Waals surface area (Å²) in [5, 5.41) is -0.174. The van der Waals surface area contributed by atoms with E-state index in [2.05, 4.69) is 0 Å². The van der Waals surface area contributed by atoms with Crippen LogP contribution in [0.25, 0.3) is 0 Å². The van der Waals surface area contributed by atoms with Crippen molar-refractivity contribution in [3.05, 3.63) is 0 Å². The second-order valence-corrected chi connectivity index (χ2v) is 3.87.